The summed E-state index contributed by atoms with van der Waals surface area (Å²) in [5.41, 5.74) is 1.13. The molecule has 4 rings (SSSR count). The quantitative estimate of drug-likeness (QED) is 0.344. The molecule has 0 radical (unpaired) electrons. The Bertz CT molecular complexity index is 1160. The van der Waals surface area contributed by atoms with Gasteiger partial charge < -0.3 is 18.9 Å². The van der Waals surface area contributed by atoms with Gasteiger partial charge in [-0.05, 0) is 61.4 Å². The van der Waals surface area contributed by atoms with Crippen molar-refractivity contribution in [1.82, 2.24) is 15.4 Å². The number of H-pyrrole nitrogens is 1. The van der Waals surface area contributed by atoms with Gasteiger partial charge in [0.1, 0.15) is 11.9 Å². The fourth-order valence-electron chi connectivity index (χ4n) is 3.91. The van der Waals surface area contributed by atoms with Gasteiger partial charge in [-0.3, -0.25) is 0 Å². The third kappa shape index (κ3) is 6.74. The maximum Gasteiger partial charge on any atom is 0.573 e. The number of hydrogen-bond acceptors (Lipinski definition) is 8. The molecule has 1 aromatic heterocycles. The van der Waals surface area contributed by atoms with Gasteiger partial charge in [0.25, 0.3) is 5.88 Å². The number of aromatic nitrogens is 3. The molecule has 2 aromatic carbocycles. The highest BCUT2D eigenvalue weighted by Gasteiger charge is 2.31. The first-order valence-electron chi connectivity index (χ1n) is 11.1. The second-order valence-corrected chi connectivity index (χ2v) is 8.05. The maximum absolute atomic E-state index is 12.4. The van der Waals surface area contributed by atoms with Gasteiger partial charge in [0.05, 0.1) is 5.56 Å². The van der Waals surface area contributed by atoms with E-state index in [1.807, 2.05) is 0 Å². The summed E-state index contributed by atoms with van der Waals surface area (Å²) in [5, 5.41) is 9.82. The van der Waals surface area contributed by atoms with Gasteiger partial charge in [-0.1, -0.05) is 40.6 Å². The monoisotopic (exact) mass is 505 g/mol. The Morgan fingerprint density at radius 2 is 1.58 bits per heavy atom. The summed E-state index contributed by atoms with van der Waals surface area (Å²) in [7, 11) is 0. The molecule has 1 aliphatic rings. The molecule has 36 heavy (non-hydrogen) atoms. The second kappa shape index (κ2) is 11.1. The van der Waals surface area contributed by atoms with Gasteiger partial charge in [-0.2, -0.15) is 0 Å². The predicted molar refractivity (Wildman–Crippen MR) is 117 cm³/mol. The van der Waals surface area contributed by atoms with E-state index in [0.29, 0.717) is 18.4 Å². The molecule has 0 amide bonds. The highest BCUT2D eigenvalue weighted by molar-refractivity contribution is 5.90. The normalized spacial score (nSPS) is 17.8. The van der Waals surface area contributed by atoms with E-state index >= 15 is 0 Å². The number of ether oxygens (including phenoxy) is 4. The molecule has 190 valence electrons. The zero-order chi connectivity index (χ0) is 25.5. The van der Waals surface area contributed by atoms with Crippen LogP contribution < -0.4 is 9.47 Å². The number of nitrogens with one attached hydrogen (secondary N) is 1. The molecule has 12 heteroatoms. The topological polar surface area (TPSA) is 113 Å². The molecular formula is C24H22F3N3O6. The van der Waals surface area contributed by atoms with Crippen LogP contribution in [0, 0.1) is 0 Å². The number of rotatable bonds is 8. The van der Waals surface area contributed by atoms with Gasteiger partial charge in [0.2, 0.25) is 12.5 Å². The minimum atomic E-state index is -4.73. The molecule has 9 nitrogen and oxygen atoms in total. The van der Waals surface area contributed by atoms with E-state index in [-0.39, 0.29) is 29.3 Å². The van der Waals surface area contributed by atoms with Crippen molar-refractivity contribution in [2.24, 2.45) is 0 Å². The average molecular weight is 505 g/mol. The van der Waals surface area contributed by atoms with Crippen LogP contribution in [0.2, 0.25) is 0 Å². The Morgan fingerprint density at radius 3 is 2.25 bits per heavy atom. The average Bonchev–Trinajstić information content (AvgIpc) is 3.33. The first kappa shape index (κ1) is 25.0. The van der Waals surface area contributed by atoms with Crippen molar-refractivity contribution in [3.8, 4) is 11.6 Å². The molecule has 1 aliphatic carbocycles. The number of carbonyl (C=O) groups is 2. The summed E-state index contributed by atoms with van der Waals surface area (Å²) >= 11 is 0. The lowest BCUT2D eigenvalue weighted by Crippen LogP contribution is -2.24. The zero-order valence-corrected chi connectivity index (χ0v) is 18.9. The van der Waals surface area contributed by atoms with Gasteiger partial charge in [0.15, 0.2) is 0 Å². The zero-order valence-electron chi connectivity index (χ0n) is 18.9. The molecule has 0 bridgehead atoms. The van der Waals surface area contributed by atoms with Crippen molar-refractivity contribution in [2.75, 3.05) is 6.79 Å². The number of nitrogens with zero attached hydrogens (tertiary/aromatic N) is 2. The first-order valence-corrected chi connectivity index (χ1v) is 11.1. The van der Waals surface area contributed by atoms with Crippen molar-refractivity contribution in [3.63, 3.8) is 0 Å². The molecule has 0 saturated heterocycles. The molecule has 1 fully saturated rings. The minimum Gasteiger partial charge on any atom is -0.472 e. The second-order valence-electron chi connectivity index (χ2n) is 8.05. The predicted octanol–water partition coefficient (Wildman–Crippen LogP) is 4.78. The molecule has 1 heterocycles. The first-order chi connectivity index (χ1) is 17.3. The summed E-state index contributed by atoms with van der Waals surface area (Å²) in [6, 6.07) is 14.1. The van der Waals surface area contributed by atoms with Crippen LogP contribution >= 0.6 is 0 Å². The van der Waals surface area contributed by atoms with Gasteiger partial charge in [0, 0.05) is 0 Å². The van der Waals surface area contributed by atoms with Crippen molar-refractivity contribution in [3.05, 3.63) is 71.4 Å². The summed E-state index contributed by atoms with van der Waals surface area (Å²) < 4.78 is 56.7. The highest BCUT2D eigenvalue weighted by atomic mass is 19.4. The SMILES string of the molecule is O=C(OCOC(=O)c1[nH]nnc1O[C@H]1CC[C@H](c2ccc(OC(F)(F)F)cc2)CC1)c1ccccc1. The van der Waals surface area contributed by atoms with Crippen molar-refractivity contribution < 1.29 is 41.7 Å². The van der Waals surface area contributed by atoms with E-state index in [0.717, 1.165) is 18.4 Å². The fourth-order valence-corrected chi connectivity index (χ4v) is 3.91. The number of esters is 2. The minimum absolute atomic E-state index is 0.0218. The van der Waals surface area contributed by atoms with E-state index in [1.165, 1.54) is 12.1 Å². The number of hydrogen-bond donors (Lipinski definition) is 1. The Hall–Kier alpha value is -4.09. The van der Waals surface area contributed by atoms with Crippen LogP contribution in [0.1, 0.15) is 58.0 Å². The van der Waals surface area contributed by atoms with Crippen LogP contribution in [0.3, 0.4) is 0 Å². The summed E-state index contributed by atoms with van der Waals surface area (Å²) in [5.74, 6) is -1.60. The number of benzene rings is 2. The number of carbonyl (C=O) groups excluding carboxylic acids is 2. The summed E-state index contributed by atoms with van der Waals surface area (Å²) in [4.78, 5) is 24.3. The molecule has 1 N–H and O–H groups in total. The van der Waals surface area contributed by atoms with Crippen LogP contribution in [-0.2, 0) is 9.47 Å². The Balaban J connectivity index is 1.24. The lowest BCUT2D eigenvalue weighted by Gasteiger charge is -2.28. The highest BCUT2D eigenvalue weighted by Crippen LogP contribution is 2.35. The van der Waals surface area contributed by atoms with Crippen LogP contribution in [0.15, 0.2) is 54.6 Å². The Labute approximate surface area is 203 Å². The number of halogens is 3. The van der Waals surface area contributed by atoms with E-state index in [1.54, 1.807) is 42.5 Å². The molecular weight excluding hydrogens is 483 g/mol. The summed E-state index contributed by atoms with van der Waals surface area (Å²) in [6.45, 7) is -0.594. The third-order valence-electron chi connectivity index (χ3n) is 5.65. The molecule has 3 aromatic rings. The lowest BCUT2D eigenvalue weighted by molar-refractivity contribution is -0.274. The van der Waals surface area contributed by atoms with Crippen molar-refractivity contribution in [2.45, 2.75) is 44.1 Å². The van der Waals surface area contributed by atoms with Crippen LogP contribution in [0.5, 0.6) is 11.6 Å². The smallest absolute Gasteiger partial charge is 0.472 e. The molecule has 0 aliphatic heterocycles. The molecule has 1 saturated carbocycles. The van der Waals surface area contributed by atoms with Crippen molar-refractivity contribution in [1.29, 1.82) is 0 Å². The van der Waals surface area contributed by atoms with Crippen LogP contribution in [-0.4, -0.2) is 46.6 Å². The van der Waals surface area contributed by atoms with E-state index in [2.05, 4.69) is 20.1 Å². The fraction of sp³-hybridized carbons (Fsp3) is 0.333. The Kier molecular flexibility index (Phi) is 7.71. The Morgan fingerprint density at radius 1 is 0.917 bits per heavy atom. The number of aromatic amines is 1. The van der Waals surface area contributed by atoms with Gasteiger partial charge in [-0.25, -0.2) is 14.7 Å². The van der Waals surface area contributed by atoms with Gasteiger partial charge >= 0.3 is 18.3 Å². The van der Waals surface area contributed by atoms with E-state index in [4.69, 9.17) is 14.2 Å². The summed E-state index contributed by atoms with van der Waals surface area (Å²) in [6.07, 6.45) is -2.21. The molecule has 0 atom stereocenters. The van der Waals surface area contributed by atoms with Crippen LogP contribution in [0.4, 0.5) is 13.2 Å². The number of alkyl halides is 3. The lowest BCUT2D eigenvalue weighted by atomic mass is 9.83. The van der Waals surface area contributed by atoms with Gasteiger partial charge in [-0.15, -0.1) is 13.2 Å². The van der Waals surface area contributed by atoms with E-state index < -0.39 is 25.1 Å². The molecule has 0 unspecified atom stereocenters. The maximum atomic E-state index is 12.4. The standard InChI is InChI=1S/C24H22F3N3O6/c25-24(26,27)36-19-12-8-16(9-13-19)15-6-10-18(11-7-15)35-21-20(28-30-29-21)23(32)34-14-33-22(31)17-4-2-1-3-5-17/h1-5,8-9,12-13,15,18H,6-7,10-11,14H2,(H,28,29,30)/t15-,18-. The largest absolute Gasteiger partial charge is 0.573 e. The van der Waals surface area contributed by atoms with Crippen LogP contribution in [0.25, 0.3) is 0 Å². The van der Waals surface area contributed by atoms with Crippen molar-refractivity contribution >= 4 is 11.9 Å². The third-order valence-corrected chi connectivity index (χ3v) is 5.65. The molecule has 0 spiro atoms. The van der Waals surface area contributed by atoms with E-state index in [9.17, 15) is 22.8 Å².